The Kier molecular flexibility index (Phi) is 2.52. The third-order valence-corrected chi connectivity index (χ3v) is 5.83. The molecule has 0 aromatic rings. The van der Waals surface area contributed by atoms with Crippen LogP contribution in [-0.4, -0.2) is 11.7 Å². The highest BCUT2D eigenvalue weighted by Crippen LogP contribution is 2.77. The van der Waals surface area contributed by atoms with E-state index in [0.29, 0.717) is 5.41 Å². The van der Waals surface area contributed by atoms with Crippen LogP contribution in [0.2, 0.25) is 0 Å². The maximum Gasteiger partial charge on any atom is 0.0639 e. The van der Waals surface area contributed by atoms with Gasteiger partial charge in [0.25, 0.3) is 0 Å². The predicted molar refractivity (Wildman–Crippen MR) is 70.5 cm³/mol. The molecule has 4 unspecified atom stereocenters. The first-order chi connectivity index (χ1) is 8.09. The predicted octanol–water partition coefficient (Wildman–Crippen LogP) is 3.55. The van der Waals surface area contributed by atoms with Crippen LogP contribution < -0.4 is 0 Å². The number of aliphatic hydroxyl groups is 1. The fourth-order valence-electron chi connectivity index (χ4n) is 4.84. The van der Waals surface area contributed by atoms with Crippen LogP contribution in [-0.2, 0) is 0 Å². The van der Waals surface area contributed by atoms with E-state index in [1.807, 2.05) is 6.92 Å². The van der Waals surface area contributed by atoms with Crippen LogP contribution in [0.4, 0.5) is 0 Å². The van der Waals surface area contributed by atoms with Crippen molar-refractivity contribution >= 4 is 0 Å². The van der Waals surface area contributed by atoms with Crippen molar-refractivity contribution in [2.45, 2.75) is 39.5 Å². The van der Waals surface area contributed by atoms with E-state index in [4.69, 9.17) is 5.11 Å². The quantitative estimate of drug-likeness (QED) is 0.735. The molecule has 0 heterocycles. The van der Waals surface area contributed by atoms with E-state index < -0.39 is 0 Å². The molecule has 3 fully saturated rings. The van der Waals surface area contributed by atoms with Crippen LogP contribution in [0.3, 0.4) is 0 Å². The molecule has 0 aromatic carbocycles. The van der Waals surface area contributed by atoms with Gasteiger partial charge in [0.15, 0.2) is 0 Å². The number of hydrogen-bond donors (Lipinski definition) is 1. The van der Waals surface area contributed by atoms with E-state index >= 15 is 0 Å². The highest BCUT2D eigenvalue weighted by molar-refractivity contribution is 5.34. The highest BCUT2D eigenvalue weighted by atomic mass is 16.3. The van der Waals surface area contributed by atoms with Crippen molar-refractivity contribution in [2.24, 2.45) is 29.1 Å². The molecule has 0 spiro atoms. The summed E-state index contributed by atoms with van der Waals surface area (Å²) < 4.78 is 0. The maximum atomic E-state index is 9.01. The standard InChI is InChI=1S/C16H24O/c1-10(9-17)5-4-8-16(3)11(2)12-6-7-13-14(12)15(13)16/h5,12-15,17H,2,4,6-9H2,1,3H3/b10-5+/t12?,13?,14-,15?,16?/m1/s1. The van der Waals surface area contributed by atoms with Crippen LogP contribution in [0, 0.1) is 29.1 Å². The summed E-state index contributed by atoms with van der Waals surface area (Å²) in [5.74, 6) is 3.86. The molecule has 3 aliphatic carbocycles. The second-order valence-corrected chi connectivity index (χ2v) is 6.64. The molecule has 3 rings (SSSR count). The van der Waals surface area contributed by atoms with Gasteiger partial charge in [0.2, 0.25) is 0 Å². The van der Waals surface area contributed by atoms with Crippen LogP contribution in [0.1, 0.15) is 39.5 Å². The molecule has 0 saturated heterocycles. The lowest BCUT2D eigenvalue weighted by Crippen LogP contribution is -2.20. The molecule has 0 bridgehead atoms. The Hall–Kier alpha value is -0.560. The van der Waals surface area contributed by atoms with E-state index in [2.05, 4.69) is 19.6 Å². The SMILES string of the molecule is C=C1C2CCC3C([C@H]23)C1(C)CC/C=C(\C)CO. The number of hydrogen-bond acceptors (Lipinski definition) is 1. The summed E-state index contributed by atoms with van der Waals surface area (Å²) in [5, 5.41) is 9.01. The summed E-state index contributed by atoms with van der Waals surface area (Å²) in [6.07, 6.45) is 7.41. The lowest BCUT2D eigenvalue weighted by Gasteiger charge is -2.29. The lowest BCUT2D eigenvalue weighted by atomic mass is 9.75. The van der Waals surface area contributed by atoms with Crippen molar-refractivity contribution in [2.75, 3.05) is 6.61 Å². The van der Waals surface area contributed by atoms with Gasteiger partial charge in [0, 0.05) is 0 Å². The summed E-state index contributed by atoms with van der Waals surface area (Å²) in [4.78, 5) is 0. The minimum absolute atomic E-state index is 0.203. The average Bonchev–Trinajstić information content (AvgIpc) is 2.85. The Labute approximate surface area is 105 Å². The zero-order chi connectivity index (χ0) is 12.2. The van der Waals surface area contributed by atoms with Gasteiger partial charge in [0.1, 0.15) is 0 Å². The number of allylic oxidation sites excluding steroid dienone is 2. The minimum atomic E-state index is 0.203. The van der Waals surface area contributed by atoms with Crippen LogP contribution in [0.5, 0.6) is 0 Å². The van der Waals surface area contributed by atoms with E-state index in [1.165, 1.54) is 19.3 Å². The van der Waals surface area contributed by atoms with Crippen molar-refractivity contribution in [3.05, 3.63) is 23.8 Å². The number of rotatable bonds is 4. The highest BCUT2D eigenvalue weighted by Gasteiger charge is 2.71. The molecule has 1 N–H and O–H groups in total. The largest absolute Gasteiger partial charge is 0.392 e. The van der Waals surface area contributed by atoms with Gasteiger partial charge < -0.3 is 5.11 Å². The van der Waals surface area contributed by atoms with Crippen molar-refractivity contribution in [3.8, 4) is 0 Å². The van der Waals surface area contributed by atoms with Gasteiger partial charge in [-0.25, -0.2) is 0 Å². The van der Waals surface area contributed by atoms with E-state index in [-0.39, 0.29) is 6.61 Å². The van der Waals surface area contributed by atoms with Gasteiger partial charge in [-0.1, -0.05) is 30.7 Å². The second-order valence-electron chi connectivity index (χ2n) is 6.64. The van der Waals surface area contributed by atoms with Gasteiger partial charge in [0.05, 0.1) is 6.61 Å². The zero-order valence-electron chi connectivity index (χ0n) is 11.1. The van der Waals surface area contributed by atoms with E-state index in [0.717, 1.165) is 35.7 Å². The Balaban J connectivity index is 1.68. The van der Waals surface area contributed by atoms with Crippen molar-refractivity contribution in [3.63, 3.8) is 0 Å². The molecule has 5 atom stereocenters. The topological polar surface area (TPSA) is 20.2 Å². The molecule has 0 radical (unpaired) electrons. The van der Waals surface area contributed by atoms with Gasteiger partial charge in [-0.15, -0.1) is 0 Å². The van der Waals surface area contributed by atoms with Crippen molar-refractivity contribution in [1.82, 2.24) is 0 Å². The second kappa shape index (κ2) is 3.71. The maximum absolute atomic E-state index is 9.01. The first kappa shape index (κ1) is 11.5. The van der Waals surface area contributed by atoms with Gasteiger partial charge >= 0.3 is 0 Å². The molecule has 0 amide bonds. The summed E-state index contributed by atoms with van der Waals surface area (Å²) in [6, 6.07) is 0. The van der Waals surface area contributed by atoms with Crippen LogP contribution in [0.15, 0.2) is 23.8 Å². The first-order valence-corrected chi connectivity index (χ1v) is 7.05. The molecule has 17 heavy (non-hydrogen) atoms. The van der Waals surface area contributed by atoms with Gasteiger partial charge in [-0.2, -0.15) is 0 Å². The molecule has 1 nitrogen and oxygen atoms in total. The van der Waals surface area contributed by atoms with Crippen LogP contribution >= 0.6 is 0 Å². The normalized spacial score (nSPS) is 47.5. The van der Waals surface area contributed by atoms with E-state index in [9.17, 15) is 0 Å². The Morgan fingerprint density at radius 1 is 1.53 bits per heavy atom. The Bertz CT molecular complexity index is 381. The monoisotopic (exact) mass is 232 g/mol. The molecule has 0 aliphatic heterocycles. The lowest BCUT2D eigenvalue weighted by molar-refractivity contribution is 0.312. The third-order valence-electron chi connectivity index (χ3n) is 5.83. The molecule has 1 heteroatoms. The molecule has 94 valence electrons. The van der Waals surface area contributed by atoms with Crippen LogP contribution in [0.25, 0.3) is 0 Å². The summed E-state index contributed by atoms with van der Waals surface area (Å²) in [6.45, 7) is 9.07. The smallest absolute Gasteiger partial charge is 0.0639 e. The zero-order valence-corrected chi connectivity index (χ0v) is 11.1. The molecular weight excluding hydrogens is 208 g/mol. The number of fused-ring (bicyclic) bond motifs is 1. The first-order valence-electron chi connectivity index (χ1n) is 7.05. The molecule has 3 aliphatic rings. The third kappa shape index (κ3) is 1.48. The fourth-order valence-corrected chi connectivity index (χ4v) is 4.84. The Morgan fingerprint density at radius 2 is 2.29 bits per heavy atom. The molecule has 0 aromatic heterocycles. The fraction of sp³-hybridized carbons (Fsp3) is 0.750. The molecule has 3 saturated carbocycles. The van der Waals surface area contributed by atoms with Gasteiger partial charge in [-0.05, 0) is 61.7 Å². The Morgan fingerprint density at radius 3 is 2.94 bits per heavy atom. The number of aliphatic hydroxyl groups excluding tert-OH is 1. The summed E-state index contributed by atoms with van der Waals surface area (Å²) in [7, 11) is 0. The van der Waals surface area contributed by atoms with Crippen molar-refractivity contribution in [1.29, 1.82) is 0 Å². The summed E-state index contributed by atoms with van der Waals surface area (Å²) in [5.41, 5.74) is 3.06. The van der Waals surface area contributed by atoms with Crippen molar-refractivity contribution < 1.29 is 5.11 Å². The summed E-state index contributed by atoms with van der Waals surface area (Å²) >= 11 is 0. The van der Waals surface area contributed by atoms with Gasteiger partial charge in [-0.3, -0.25) is 0 Å². The molecular formula is C16H24O. The van der Waals surface area contributed by atoms with E-state index in [1.54, 1.807) is 5.57 Å². The minimum Gasteiger partial charge on any atom is -0.392 e. The average molecular weight is 232 g/mol.